The summed E-state index contributed by atoms with van der Waals surface area (Å²) in [6, 6.07) is 33.6. The van der Waals surface area contributed by atoms with E-state index < -0.39 is 0 Å². The summed E-state index contributed by atoms with van der Waals surface area (Å²) in [5, 5.41) is 9.89. The van der Waals surface area contributed by atoms with Gasteiger partial charge in [0.25, 0.3) is 0 Å². The Kier molecular flexibility index (Phi) is 8.43. The van der Waals surface area contributed by atoms with Crippen LogP contribution in [0.4, 0.5) is 0 Å². The molecule has 0 aliphatic heterocycles. The number of hydrogen-bond acceptors (Lipinski definition) is 4. The predicted molar refractivity (Wildman–Crippen MR) is 153 cm³/mol. The van der Waals surface area contributed by atoms with Gasteiger partial charge in [-0.1, -0.05) is 78.9 Å². The van der Waals surface area contributed by atoms with Gasteiger partial charge in [0.15, 0.2) is 0 Å². The van der Waals surface area contributed by atoms with Gasteiger partial charge in [0.1, 0.15) is 0 Å². The molecule has 3 aromatic carbocycles. The lowest BCUT2D eigenvalue weighted by Crippen LogP contribution is -2.09. The summed E-state index contributed by atoms with van der Waals surface area (Å²) in [7, 11) is 0. The topological polar surface area (TPSA) is 54.1 Å². The zero-order valence-electron chi connectivity index (χ0n) is 22.1. The minimum atomic E-state index is 0.615. The van der Waals surface area contributed by atoms with E-state index in [1.54, 1.807) is 0 Å². The van der Waals surface area contributed by atoms with Crippen LogP contribution >= 0.6 is 0 Å². The molecular formula is C32H34N4O2. The number of benzene rings is 3. The van der Waals surface area contributed by atoms with E-state index in [1.165, 1.54) is 0 Å². The molecule has 0 N–H and O–H groups in total. The molecule has 5 rings (SSSR count). The van der Waals surface area contributed by atoms with Crippen LogP contribution in [0.1, 0.15) is 13.8 Å². The highest BCUT2D eigenvalue weighted by atomic mass is 16.5. The van der Waals surface area contributed by atoms with E-state index >= 15 is 0 Å². The first-order valence-electron chi connectivity index (χ1n) is 13.3. The lowest BCUT2D eigenvalue weighted by Gasteiger charge is -2.11. The lowest BCUT2D eigenvalue weighted by molar-refractivity contribution is 0.136. The Morgan fingerprint density at radius 1 is 0.526 bits per heavy atom. The van der Waals surface area contributed by atoms with Gasteiger partial charge in [-0.15, -0.1) is 0 Å². The summed E-state index contributed by atoms with van der Waals surface area (Å²) in [6.07, 6.45) is 0. The van der Waals surface area contributed by atoms with Gasteiger partial charge in [0.05, 0.1) is 49.1 Å². The second kappa shape index (κ2) is 12.5. The molecule has 5 aromatic rings. The van der Waals surface area contributed by atoms with Crippen LogP contribution in [-0.4, -0.2) is 46.0 Å². The van der Waals surface area contributed by atoms with Crippen LogP contribution in [-0.2, 0) is 22.6 Å². The summed E-state index contributed by atoms with van der Waals surface area (Å²) >= 11 is 0. The van der Waals surface area contributed by atoms with Gasteiger partial charge in [-0.05, 0) is 32.0 Å². The molecule has 6 nitrogen and oxygen atoms in total. The molecular weight excluding hydrogens is 472 g/mol. The molecule has 0 aliphatic carbocycles. The van der Waals surface area contributed by atoms with Crippen LogP contribution in [0.2, 0.25) is 0 Å². The van der Waals surface area contributed by atoms with Crippen LogP contribution in [0.15, 0.2) is 97.1 Å². The van der Waals surface area contributed by atoms with Crippen LogP contribution in [0.25, 0.3) is 45.0 Å². The molecule has 0 unspecified atom stereocenters. The maximum atomic E-state index is 5.66. The van der Waals surface area contributed by atoms with Crippen molar-refractivity contribution in [2.45, 2.75) is 26.9 Å². The molecule has 0 atom stereocenters. The van der Waals surface area contributed by atoms with E-state index in [4.69, 9.17) is 19.7 Å². The van der Waals surface area contributed by atoms with Gasteiger partial charge >= 0.3 is 0 Å². The fraction of sp³-hybridized carbons (Fsp3) is 0.250. The number of aromatic nitrogens is 4. The van der Waals surface area contributed by atoms with Crippen molar-refractivity contribution in [3.63, 3.8) is 0 Å². The van der Waals surface area contributed by atoms with Crippen LogP contribution in [0.3, 0.4) is 0 Å². The van der Waals surface area contributed by atoms with Crippen molar-refractivity contribution in [3.8, 4) is 45.0 Å². The van der Waals surface area contributed by atoms with Crippen LogP contribution < -0.4 is 0 Å². The van der Waals surface area contributed by atoms with Crippen molar-refractivity contribution in [1.29, 1.82) is 0 Å². The van der Waals surface area contributed by atoms with Gasteiger partial charge in [-0.25, -0.2) is 0 Å². The Labute approximate surface area is 224 Å². The van der Waals surface area contributed by atoms with E-state index in [-0.39, 0.29) is 0 Å². The molecule has 194 valence electrons. The van der Waals surface area contributed by atoms with Crippen LogP contribution in [0.5, 0.6) is 0 Å². The second-order valence-electron chi connectivity index (χ2n) is 8.98. The molecule has 0 radical (unpaired) electrons. The molecule has 2 heterocycles. The maximum Gasteiger partial charge on any atom is 0.0929 e. The van der Waals surface area contributed by atoms with Gasteiger partial charge in [-0.2, -0.15) is 10.2 Å². The Bertz CT molecular complexity index is 1330. The van der Waals surface area contributed by atoms with E-state index in [2.05, 4.69) is 70.0 Å². The molecule has 0 bridgehead atoms. The molecule has 2 aromatic heterocycles. The summed E-state index contributed by atoms with van der Waals surface area (Å²) in [5.41, 5.74) is 8.44. The minimum Gasteiger partial charge on any atom is -0.380 e. The molecule has 0 amide bonds. The number of nitrogens with zero attached hydrogens (tertiary/aromatic N) is 4. The first-order chi connectivity index (χ1) is 18.8. The molecule has 0 saturated heterocycles. The molecule has 0 fully saturated rings. The summed E-state index contributed by atoms with van der Waals surface area (Å²) in [4.78, 5) is 0. The largest absolute Gasteiger partial charge is 0.380 e. The quantitative estimate of drug-likeness (QED) is 0.174. The fourth-order valence-electron chi connectivity index (χ4n) is 4.57. The highest BCUT2D eigenvalue weighted by Crippen LogP contribution is 2.31. The van der Waals surface area contributed by atoms with Crippen molar-refractivity contribution < 1.29 is 9.47 Å². The van der Waals surface area contributed by atoms with Gasteiger partial charge in [0.2, 0.25) is 0 Å². The molecule has 6 heteroatoms. The fourth-order valence-corrected chi connectivity index (χ4v) is 4.57. The molecule has 38 heavy (non-hydrogen) atoms. The SMILES string of the molecule is CCOCCn1nc(-c2ccccc2)cc1-c1cccc(-c2cc(-c3ccccc3)nn2CCOCC)c1. The van der Waals surface area contributed by atoms with Crippen molar-refractivity contribution >= 4 is 0 Å². The lowest BCUT2D eigenvalue weighted by atomic mass is 10.0. The number of hydrogen-bond donors (Lipinski definition) is 0. The van der Waals surface area contributed by atoms with E-state index in [1.807, 2.05) is 50.2 Å². The average molecular weight is 507 g/mol. The monoisotopic (exact) mass is 506 g/mol. The Balaban J connectivity index is 1.54. The predicted octanol–water partition coefficient (Wildman–Crippen LogP) is 6.82. The minimum absolute atomic E-state index is 0.615. The van der Waals surface area contributed by atoms with Crippen LogP contribution in [0, 0.1) is 0 Å². The third-order valence-corrected chi connectivity index (χ3v) is 6.46. The third kappa shape index (κ3) is 5.93. The Morgan fingerprint density at radius 3 is 1.37 bits per heavy atom. The smallest absolute Gasteiger partial charge is 0.0929 e. The first-order valence-corrected chi connectivity index (χ1v) is 13.3. The second-order valence-corrected chi connectivity index (χ2v) is 8.98. The zero-order valence-corrected chi connectivity index (χ0v) is 22.1. The molecule has 0 saturated carbocycles. The van der Waals surface area contributed by atoms with Crippen molar-refractivity contribution in [2.75, 3.05) is 26.4 Å². The normalized spacial score (nSPS) is 11.2. The van der Waals surface area contributed by atoms with Crippen molar-refractivity contribution in [2.24, 2.45) is 0 Å². The maximum absolute atomic E-state index is 5.66. The van der Waals surface area contributed by atoms with E-state index in [9.17, 15) is 0 Å². The number of rotatable bonds is 12. The third-order valence-electron chi connectivity index (χ3n) is 6.46. The summed E-state index contributed by atoms with van der Waals surface area (Å²) in [5.74, 6) is 0. The highest BCUT2D eigenvalue weighted by Gasteiger charge is 2.15. The zero-order chi connectivity index (χ0) is 26.2. The first kappa shape index (κ1) is 25.6. The van der Waals surface area contributed by atoms with Gasteiger partial charge in [-0.3, -0.25) is 9.36 Å². The van der Waals surface area contributed by atoms with E-state index in [0.717, 1.165) is 45.0 Å². The van der Waals surface area contributed by atoms with Crippen molar-refractivity contribution in [1.82, 2.24) is 19.6 Å². The molecule has 0 spiro atoms. The average Bonchev–Trinajstić information content (AvgIpc) is 3.60. The number of ether oxygens (including phenoxy) is 2. The standard InChI is InChI=1S/C32H34N4O2/c1-3-37-20-18-35-31(23-29(33-35)25-12-7-5-8-13-25)27-16-11-17-28(22-27)32-24-30(26-14-9-6-10-15-26)34-36(32)19-21-38-4-2/h5-17,22-24H,3-4,18-21H2,1-2H3. The van der Waals surface area contributed by atoms with Gasteiger partial charge < -0.3 is 9.47 Å². The Morgan fingerprint density at radius 2 is 0.947 bits per heavy atom. The van der Waals surface area contributed by atoms with E-state index in [0.29, 0.717) is 39.5 Å². The highest BCUT2D eigenvalue weighted by molar-refractivity contribution is 5.75. The summed E-state index contributed by atoms with van der Waals surface area (Å²) < 4.78 is 15.4. The van der Waals surface area contributed by atoms with Crippen molar-refractivity contribution in [3.05, 3.63) is 97.1 Å². The van der Waals surface area contributed by atoms with Gasteiger partial charge in [0, 0.05) is 35.5 Å². The summed E-state index contributed by atoms with van der Waals surface area (Å²) in [6.45, 7) is 8.01. The Hall–Kier alpha value is -4.00. The molecule has 0 aliphatic rings.